The molecule has 0 amide bonds. The molecule has 1 fully saturated rings. The highest BCUT2D eigenvalue weighted by atomic mass is 35.5. The van der Waals surface area contributed by atoms with Crippen LogP contribution in [0, 0.1) is 0 Å². The number of sulfonamides is 1. The van der Waals surface area contributed by atoms with Crippen molar-refractivity contribution in [3.8, 4) is 0 Å². The van der Waals surface area contributed by atoms with Gasteiger partial charge in [-0.05, 0) is 0 Å². The van der Waals surface area contributed by atoms with E-state index in [1.165, 1.54) is 10.9 Å². The molecule has 1 aromatic rings. The number of imidazole rings is 1. The molecule has 0 aliphatic carbocycles. The molecule has 1 aromatic heterocycles. The first kappa shape index (κ1) is 12.8. The highest BCUT2D eigenvalue weighted by Crippen LogP contribution is 2.25. The zero-order chi connectivity index (χ0) is 12.8. The minimum atomic E-state index is -3.86. The van der Waals surface area contributed by atoms with Crippen molar-refractivity contribution in [3.63, 3.8) is 0 Å². The first-order chi connectivity index (χ1) is 7.84. The molecule has 1 saturated heterocycles. The van der Waals surface area contributed by atoms with Crippen LogP contribution in [-0.4, -0.2) is 57.8 Å². The predicted molar refractivity (Wildman–Crippen MR) is 59.0 cm³/mol. The number of aliphatic hydroxyl groups excluding tert-OH is 2. The van der Waals surface area contributed by atoms with Gasteiger partial charge in [0.25, 0.3) is 10.0 Å². The van der Waals surface area contributed by atoms with Gasteiger partial charge in [0, 0.05) is 20.1 Å². The summed E-state index contributed by atoms with van der Waals surface area (Å²) >= 11 is 5.81. The summed E-state index contributed by atoms with van der Waals surface area (Å²) in [5, 5.41) is 18.4. The first-order valence-electron chi connectivity index (χ1n) is 4.87. The second kappa shape index (κ2) is 4.21. The van der Waals surface area contributed by atoms with E-state index < -0.39 is 22.2 Å². The van der Waals surface area contributed by atoms with Crippen LogP contribution in [0.1, 0.15) is 0 Å². The third-order valence-corrected chi connectivity index (χ3v) is 4.97. The van der Waals surface area contributed by atoms with Gasteiger partial charge < -0.3 is 14.8 Å². The van der Waals surface area contributed by atoms with E-state index in [9.17, 15) is 18.6 Å². The Kier molecular flexibility index (Phi) is 3.17. The van der Waals surface area contributed by atoms with Gasteiger partial charge in [0.15, 0.2) is 0 Å². The summed E-state index contributed by atoms with van der Waals surface area (Å²) in [4.78, 5) is 3.72. The molecule has 96 valence electrons. The number of aromatic nitrogens is 2. The van der Waals surface area contributed by atoms with Crippen LogP contribution in [-0.2, 0) is 17.1 Å². The molecule has 0 radical (unpaired) electrons. The van der Waals surface area contributed by atoms with E-state index in [-0.39, 0.29) is 23.3 Å². The normalized spacial score (nSPS) is 26.6. The van der Waals surface area contributed by atoms with Gasteiger partial charge in [-0.1, -0.05) is 11.6 Å². The van der Waals surface area contributed by atoms with Gasteiger partial charge in [-0.3, -0.25) is 0 Å². The molecule has 1 aliphatic rings. The molecule has 0 aromatic carbocycles. The third kappa shape index (κ3) is 2.06. The summed E-state index contributed by atoms with van der Waals surface area (Å²) < 4.78 is 26.5. The van der Waals surface area contributed by atoms with Crippen LogP contribution in [0.3, 0.4) is 0 Å². The van der Waals surface area contributed by atoms with Crippen molar-refractivity contribution in [3.05, 3.63) is 11.5 Å². The second-order valence-corrected chi connectivity index (χ2v) is 6.12. The summed E-state index contributed by atoms with van der Waals surface area (Å²) in [5.74, 6) is 0. The van der Waals surface area contributed by atoms with Crippen molar-refractivity contribution in [2.24, 2.45) is 7.05 Å². The van der Waals surface area contributed by atoms with Crippen LogP contribution in [0.5, 0.6) is 0 Å². The average molecular weight is 282 g/mol. The molecule has 2 atom stereocenters. The second-order valence-electron chi connectivity index (χ2n) is 3.91. The van der Waals surface area contributed by atoms with E-state index in [0.717, 1.165) is 4.31 Å². The number of hydrogen-bond acceptors (Lipinski definition) is 5. The molecule has 1 aliphatic heterocycles. The molecule has 2 N–H and O–H groups in total. The van der Waals surface area contributed by atoms with E-state index in [1.807, 2.05) is 0 Å². The molecule has 2 unspecified atom stereocenters. The van der Waals surface area contributed by atoms with Crippen LogP contribution < -0.4 is 0 Å². The zero-order valence-corrected chi connectivity index (χ0v) is 10.6. The fraction of sp³-hybridized carbons (Fsp3) is 0.625. The maximum atomic E-state index is 12.1. The molecule has 2 rings (SSSR count). The van der Waals surface area contributed by atoms with E-state index in [0.29, 0.717) is 0 Å². The van der Waals surface area contributed by atoms with Gasteiger partial charge in [-0.25, -0.2) is 13.4 Å². The standard InChI is InChI=1S/C8H12ClN3O4S/c1-11-4-10-8(7(11)9)17(15,16)12-2-5(13)6(14)3-12/h4-6,13-14H,2-3H2,1H3. The third-order valence-electron chi connectivity index (χ3n) is 2.64. The Hall–Kier alpha value is -0.670. The predicted octanol–water partition coefficient (Wildman–Crippen LogP) is -1.20. The van der Waals surface area contributed by atoms with Gasteiger partial charge in [-0.15, -0.1) is 0 Å². The molecule has 0 spiro atoms. The lowest BCUT2D eigenvalue weighted by molar-refractivity contribution is 0.0572. The summed E-state index contributed by atoms with van der Waals surface area (Å²) in [6.45, 7) is -0.313. The van der Waals surface area contributed by atoms with Crippen LogP contribution >= 0.6 is 11.6 Å². The van der Waals surface area contributed by atoms with E-state index in [1.54, 1.807) is 7.05 Å². The van der Waals surface area contributed by atoms with E-state index in [4.69, 9.17) is 11.6 Å². The van der Waals surface area contributed by atoms with E-state index in [2.05, 4.69) is 4.98 Å². The Balaban J connectivity index is 2.35. The Labute approximate surface area is 103 Å². The largest absolute Gasteiger partial charge is 0.389 e. The lowest BCUT2D eigenvalue weighted by atomic mass is 10.3. The highest BCUT2D eigenvalue weighted by Gasteiger charge is 2.39. The number of aryl methyl sites for hydroxylation is 1. The lowest BCUT2D eigenvalue weighted by Crippen LogP contribution is -2.30. The fourth-order valence-electron chi connectivity index (χ4n) is 1.62. The molecule has 17 heavy (non-hydrogen) atoms. The number of rotatable bonds is 2. The van der Waals surface area contributed by atoms with Crippen molar-refractivity contribution in [1.82, 2.24) is 13.9 Å². The van der Waals surface area contributed by atoms with Crippen molar-refractivity contribution in [1.29, 1.82) is 0 Å². The Bertz CT molecular complexity index is 519. The lowest BCUT2D eigenvalue weighted by Gasteiger charge is -2.13. The van der Waals surface area contributed by atoms with Crippen molar-refractivity contribution in [2.45, 2.75) is 17.2 Å². The van der Waals surface area contributed by atoms with Crippen LogP contribution in [0.15, 0.2) is 11.4 Å². The van der Waals surface area contributed by atoms with Gasteiger partial charge in [0.2, 0.25) is 5.03 Å². The Morgan fingerprint density at radius 1 is 1.41 bits per heavy atom. The highest BCUT2D eigenvalue weighted by molar-refractivity contribution is 7.89. The summed E-state index contributed by atoms with van der Waals surface area (Å²) in [5.41, 5.74) is 0. The quantitative estimate of drug-likeness (QED) is 0.710. The van der Waals surface area contributed by atoms with Gasteiger partial charge in [-0.2, -0.15) is 4.31 Å². The zero-order valence-electron chi connectivity index (χ0n) is 8.99. The number of aliphatic hydroxyl groups is 2. The van der Waals surface area contributed by atoms with Gasteiger partial charge >= 0.3 is 0 Å². The van der Waals surface area contributed by atoms with E-state index >= 15 is 0 Å². The minimum absolute atomic E-state index is 0.000814. The van der Waals surface area contributed by atoms with Crippen molar-refractivity contribution in [2.75, 3.05) is 13.1 Å². The maximum Gasteiger partial charge on any atom is 0.263 e. The van der Waals surface area contributed by atoms with Gasteiger partial charge in [0.05, 0.1) is 18.5 Å². The Morgan fingerprint density at radius 3 is 2.35 bits per heavy atom. The number of nitrogens with zero attached hydrogens (tertiary/aromatic N) is 3. The summed E-state index contributed by atoms with van der Waals surface area (Å²) in [6.07, 6.45) is -0.863. The molecular formula is C8H12ClN3O4S. The molecular weight excluding hydrogens is 270 g/mol. The summed E-state index contributed by atoms with van der Waals surface area (Å²) in [7, 11) is -2.29. The number of halogens is 1. The molecule has 7 nitrogen and oxygen atoms in total. The van der Waals surface area contributed by atoms with Crippen LogP contribution in [0.4, 0.5) is 0 Å². The first-order valence-corrected chi connectivity index (χ1v) is 6.69. The average Bonchev–Trinajstić information content (AvgIpc) is 2.74. The topological polar surface area (TPSA) is 95.7 Å². The summed E-state index contributed by atoms with van der Waals surface area (Å²) in [6, 6.07) is 0. The van der Waals surface area contributed by atoms with Crippen molar-refractivity contribution >= 4 is 21.6 Å². The minimum Gasteiger partial charge on any atom is -0.389 e. The smallest absolute Gasteiger partial charge is 0.263 e. The van der Waals surface area contributed by atoms with Crippen LogP contribution in [0.2, 0.25) is 5.15 Å². The molecule has 9 heteroatoms. The van der Waals surface area contributed by atoms with Crippen molar-refractivity contribution < 1.29 is 18.6 Å². The maximum absolute atomic E-state index is 12.1. The number of β-amino-alcohol motifs (C(OH)–C–C–N with tert-alkyl or cyclic N) is 2. The van der Waals surface area contributed by atoms with Crippen LogP contribution in [0.25, 0.3) is 0 Å². The SMILES string of the molecule is Cn1cnc(S(=O)(=O)N2CC(O)C(O)C2)c1Cl. The monoisotopic (exact) mass is 281 g/mol. The molecule has 0 saturated carbocycles. The fourth-order valence-corrected chi connectivity index (χ4v) is 3.49. The molecule has 0 bridgehead atoms. The number of hydrogen-bond donors (Lipinski definition) is 2. The Morgan fingerprint density at radius 2 is 1.94 bits per heavy atom. The van der Waals surface area contributed by atoms with Gasteiger partial charge in [0.1, 0.15) is 5.15 Å². The molecule has 2 heterocycles.